The predicted octanol–water partition coefficient (Wildman–Crippen LogP) is 6.19. The first kappa shape index (κ1) is 24.0. The highest BCUT2D eigenvalue weighted by molar-refractivity contribution is 9.10. The minimum Gasteiger partial charge on any atom is -0.506 e. The summed E-state index contributed by atoms with van der Waals surface area (Å²) in [5.74, 6) is 1.52. The number of benzene rings is 2. The molecule has 4 rings (SSSR count). The summed E-state index contributed by atoms with van der Waals surface area (Å²) in [5, 5.41) is 10.5. The van der Waals surface area contributed by atoms with Crippen molar-refractivity contribution in [2.24, 2.45) is 5.92 Å². The number of hydrogen-bond acceptors (Lipinski definition) is 5. The second-order valence-corrected chi connectivity index (χ2v) is 9.32. The third kappa shape index (κ3) is 5.30. The smallest absolute Gasteiger partial charge is 0.159 e. The Morgan fingerprint density at radius 1 is 1.09 bits per heavy atom. The number of pyridine rings is 1. The van der Waals surface area contributed by atoms with E-state index in [4.69, 9.17) is 9.72 Å². The number of fused-ring (bicyclic) bond motifs is 1. The number of Topliss-reactive ketones (excluding diaryl/α,β-unsaturated/α-hetero) is 1. The Hall–Kier alpha value is -3.19. The van der Waals surface area contributed by atoms with Gasteiger partial charge >= 0.3 is 0 Å². The van der Waals surface area contributed by atoms with Gasteiger partial charge in [-0.05, 0) is 59.1 Å². The van der Waals surface area contributed by atoms with Crippen LogP contribution in [0.15, 0.2) is 65.3 Å². The van der Waals surface area contributed by atoms with Crippen LogP contribution in [-0.2, 0) is 17.8 Å². The van der Waals surface area contributed by atoms with Crippen LogP contribution in [-0.4, -0.2) is 32.0 Å². The summed E-state index contributed by atoms with van der Waals surface area (Å²) in [6.45, 7) is 5.02. The average Bonchev–Trinajstić information content (AvgIpc) is 3.22. The molecule has 7 heteroatoms. The van der Waals surface area contributed by atoms with Crippen LogP contribution in [0.2, 0.25) is 0 Å². The van der Waals surface area contributed by atoms with E-state index in [1.807, 2.05) is 50.2 Å². The Bertz CT molecular complexity index is 1290. The number of ketones is 1. The van der Waals surface area contributed by atoms with Crippen molar-refractivity contribution in [3.05, 3.63) is 70.8 Å². The van der Waals surface area contributed by atoms with E-state index in [1.54, 1.807) is 18.3 Å². The van der Waals surface area contributed by atoms with E-state index in [9.17, 15) is 9.90 Å². The van der Waals surface area contributed by atoms with Crippen LogP contribution in [0.1, 0.15) is 32.3 Å². The maximum atomic E-state index is 12.0. The van der Waals surface area contributed by atoms with Crippen molar-refractivity contribution in [1.82, 2.24) is 14.5 Å². The monoisotopic (exact) mass is 521 g/mol. The molecule has 2 aromatic carbocycles. The van der Waals surface area contributed by atoms with Crippen molar-refractivity contribution in [3.8, 4) is 23.0 Å². The van der Waals surface area contributed by atoms with E-state index in [1.165, 1.54) is 0 Å². The molecule has 2 heterocycles. The lowest BCUT2D eigenvalue weighted by atomic mass is 10.0. The van der Waals surface area contributed by atoms with Crippen LogP contribution < -0.4 is 4.74 Å². The number of unbranched alkanes of at least 4 members (excludes halogenated alkanes) is 1. The van der Waals surface area contributed by atoms with Gasteiger partial charge < -0.3 is 14.4 Å². The summed E-state index contributed by atoms with van der Waals surface area (Å²) >= 11 is 3.42. The molecule has 0 unspecified atom stereocenters. The predicted molar refractivity (Wildman–Crippen MR) is 137 cm³/mol. The zero-order valence-corrected chi connectivity index (χ0v) is 21.0. The largest absolute Gasteiger partial charge is 0.506 e. The fraction of sp³-hybridized carbons (Fsp3) is 0.296. The number of hydrogen-bond donors (Lipinski definition) is 1. The minimum absolute atomic E-state index is 0.0661. The lowest BCUT2D eigenvalue weighted by molar-refractivity contribution is -0.121. The van der Waals surface area contributed by atoms with Gasteiger partial charge in [0.15, 0.2) is 5.82 Å². The Morgan fingerprint density at radius 3 is 2.65 bits per heavy atom. The molecule has 0 radical (unpaired) electrons. The molecule has 6 nitrogen and oxygen atoms in total. The van der Waals surface area contributed by atoms with Gasteiger partial charge in [0, 0.05) is 30.6 Å². The molecule has 0 saturated heterocycles. The Kier molecular flexibility index (Phi) is 7.63. The maximum absolute atomic E-state index is 12.0. The summed E-state index contributed by atoms with van der Waals surface area (Å²) in [7, 11) is 0. The summed E-state index contributed by atoms with van der Waals surface area (Å²) in [5.41, 5.74) is 3.50. The molecule has 0 saturated carbocycles. The van der Waals surface area contributed by atoms with Crippen LogP contribution in [0.25, 0.3) is 22.6 Å². The second-order valence-electron chi connectivity index (χ2n) is 8.53. The van der Waals surface area contributed by atoms with Crippen molar-refractivity contribution < 1.29 is 14.6 Å². The van der Waals surface area contributed by atoms with Crippen molar-refractivity contribution in [3.63, 3.8) is 0 Å². The zero-order chi connectivity index (χ0) is 24.1. The van der Waals surface area contributed by atoms with Crippen molar-refractivity contribution >= 4 is 32.7 Å². The second kappa shape index (κ2) is 10.8. The van der Waals surface area contributed by atoms with Crippen LogP contribution in [0.4, 0.5) is 0 Å². The van der Waals surface area contributed by atoms with Gasteiger partial charge in [0.25, 0.3) is 0 Å². The molecule has 0 aliphatic carbocycles. The molecule has 4 aromatic rings. The fourth-order valence-corrected chi connectivity index (χ4v) is 4.28. The minimum atomic E-state index is -0.0695. The summed E-state index contributed by atoms with van der Waals surface area (Å²) < 4.78 is 8.61. The topological polar surface area (TPSA) is 77.2 Å². The first-order valence-electron chi connectivity index (χ1n) is 11.5. The van der Waals surface area contributed by atoms with E-state index < -0.39 is 0 Å². The van der Waals surface area contributed by atoms with Gasteiger partial charge in [0.1, 0.15) is 27.4 Å². The first-order valence-corrected chi connectivity index (χ1v) is 12.3. The number of aromatic hydroxyl groups is 1. The van der Waals surface area contributed by atoms with Gasteiger partial charge in [-0.2, -0.15) is 0 Å². The number of para-hydroxylation sites is 2. The lowest BCUT2D eigenvalue weighted by Gasteiger charge is -2.13. The van der Waals surface area contributed by atoms with Gasteiger partial charge in [0.05, 0.1) is 17.6 Å². The molecule has 1 N–H and O–H groups in total. The molecule has 2 aromatic heterocycles. The number of carbonyl (C=O) groups excluding carboxylic acids is 1. The third-order valence-corrected chi connectivity index (χ3v) is 6.52. The Morgan fingerprint density at radius 2 is 1.88 bits per heavy atom. The number of aromatic nitrogens is 3. The summed E-state index contributed by atoms with van der Waals surface area (Å²) in [6.07, 6.45) is 3.71. The van der Waals surface area contributed by atoms with Gasteiger partial charge in [0.2, 0.25) is 0 Å². The number of imidazole rings is 1. The van der Waals surface area contributed by atoms with E-state index in [-0.39, 0.29) is 23.9 Å². The lowest BCUT2D eigenvalue weighted by Crippen LogP contribution is -2.10. The van der Waals surface area contributed by atoms with Crippen LogP contribution in [0, 0.1) is 5.92 Å². The van der Waals surface area contributed by atoms with Crippen molar-refractivity contribution in [2.75, 3.05) is 6.61 Å². The third-order valence-electron chi connectivity index (χ3n) is 5.76. The van der Waals surface area contributed by atoms with E-state index >= 15 is 0 Å². The molecule has 0 atom stereocenters. The van der Waals surface area contributed by atoms with Crippen molar-refractivity contribution in [2.45, 2.75) is 39.7 Å². The van der Waals surface area contributed by atoms with Crippen LogP contribution in [0.5, 0.6) is 11.5 Å². The Labute approximate surface area is 207 Å². The molecular weight excluding hydrogens is 494 g/mol. The standard InChI is InChI=1S/C27H28BrN3O3/c1-18(2)23(32)17-19-12-13-24(25(28)26(19)33)34-16-8-7-15-31-22-11-4-3-9-20(22)30-27(31)21-10-5-6-14-29-21/h3-6,9-14,18,33H,7-8,15-17H2,1-2H3. The molecule has 0 aliphatic rings. The zero-order valence-electron chi connectivity index (χ0n) is 19.4. The number of rotatable bonds is 10. The number of nitrogens with zero attached hydrogens (tertiary/aromatic N) is 3. The highest BCUT2D eigenvalue weighted by Crippen LogP contribution is 2.37. The highest BCUT2D eigenvalue weighted by Gasteiger charge is 2.16. The van der Waals surface area contributed by atoms with E-state index in [0.717, 1.165) is 41.9 Å². The highest BCUT2D eigenvalue weighted by atomic mass is 79.9. The SMILES string of the molecule is CC(C)C(=O)Cc1ccc(OCCCCn2c(-c3ccccn3)nc3ccccc32)c(Br)c1O. The summed E-state index contributed by atoms with van der Waals surface area (Å²) in [4.78, 5) is 21.3. The van der Waals surface area contributed by atoms with Crippen LogP contribution >= 0.6 is 15.9 Å². The molecule has 0 aliphatic heterocycles. The van der Waals surface area contributed by atoms with Gasteiger partial charge in [-0.1, -0.05) is 38.1 Å². The molecule has 176 valence electrons. The first-order chi connectivity index (χ1) is 16.5. The molecule has 0 fully saturated rings. The van der Waals surface area contributed by atoms with Gasteiger partial charge in [-0.3, -0.25) is 9.78 Å². The molecule has 0 bridgehead atoms. The van der Waals surface area contributed by atoms with Gasteiger partial charge in [-0.25, -0.2) is 4.98 Å². The normalized spacial score (nSPS) is 11.3. The quantitative estimate of drug-likeness (QED) is 0.251. The van der Waals surface area contributed by atoms with E-state index in [2.05, 4.69) is 31.5 Å². The number of halogens is 1. The van der Waals surface area contributed by atoms with Gasteiger partial charge in [-0.15, -0.1) is 0 Å². The number of phenols is 1. The molecular formula is C27H28BrN3O3. The van der Waals surface area contributed by atoms with Crippen LogP contribution in [0.3, 0.4) is 0 Å². The van der Waals surface area contributed by atoms with Crippen molar-refractivity contribution in [1.29, 1.82) is 0 Å². The Balaban J connectivity index is 1.38. The molecule has 0 amide bonds. The molecule has 34 heavy (non-hydrogen) atoms. The van der Waals surface area contributed by atoms with E-state index in [0.29, 0.717) is 22.4 Å². The number of carbonyl (C=O) groups is 1. The summed E-state index contributed by atoms with van der Waals surface area (Å²) in [6, 6.07) is 17.5. The number of phenolic OH excluding ortho intramolecular Hbond substituents is 1. The number of ether oxygens (including phenoxy) is 1. The molecule has 0 spiro atoms. The number of aryl methyl sites for hydroxylation is 1. The maximum Gasteiger partial charge on any atom is 0.159 e. The fourth-order valence-electron chi connectivity index (χ4n) is 3.78. The average molecular weight is 522 g/mol.